The average molecular weight is 252 g/mol. The van der Waals surface area contributed by atoms with E-state index in [1.54, 1.807) is 24.3 Å². The van der Waals surface area contributed by atoms with Gasteiger partial charge in [0.15, 0.2) is 0 Å². The number of hydrogen-bond donors (Lipinski definition) is 1. The number of hydrogen-bond acceptors (Lipinski definition) is 2. The van der Waals surface area contributed by atoms with Crippen molar-refractivity contribution in [2.45, 2.75) is 0 Å². The first-order chi connectivity index (χ1) is 8.08. The lowest BCUT2D eigenvalue weighted by Gasteiger charge is -2.05. The standard InChI is InChI=1S/C12H7ClFNO2/c13-8-3-1-7(2-4-8)11-10(12(16)17)5-9(14)6-15-11/h1-6H,(H,16,17). The van der Waals surface area contributed by atoms with E-state index in [2.05, 4.69) is 4.98 Å². The van der Waals surface area contributed by atoms with Crippen molar-refractivity contribution < 1.29 is 14.3 Å². The van der Waals surface area contributed by atoms with Crippen LogP contribution >= 0.6 is 11.6 Å². The van der Waals surface area contributed by atoms with E-state index in [9.17, 15) is 9.18 Å². The molecule has 1 N–H and O–H groups in total. The molecule has 0 amide bonds. The van der Waals surface area contributed by atoms with E-state index in [1.807, 2.05) is 0 Å². The van der Waals surface area contributed by atoms with Crippen molar-refractivity contribution in [3.8, 4) is 11.3 Å². The van der Waals surface area contributed by atoms with Gasteiger partial charge in [0.2, 0.25) is 0 Å². The molecule has 0 unspecified atom stereocenters. The summed E-state index contributed by atoms with van der Waals surface area (Å²) in [6.07, 6.45) is 0.983. The molecule has 17 heavy (non-hydrogen) atoms. The van der Waals surface area contributed by atoms with E-state index in [4.69, 9.17) is 16.7 Å². The van der Waals surface area contributed by atoms with Gasteiger partial charge in [-0.3, -0.25) is 4.98 Å². The first-order valence-electron chi connectivity index (χ1n) is 4.72. The third-order valence-corrected chi connectivity index (χ3v) is 2.45. The van der Waals surface area contributed by atoms with Gasteiger partial charge < -0.3 is 5.11 Å². The van der Waals surface area contributed by atoms with Gasteiger partial charge in [-0.1, -0.05) is 23.7 Å². The molecular formula is C12H7ClFNO2. The highest BCUT2D eigenvalue weighted by atomic mass is 35.5. The lowest BCUT2D eigenvalue weighted by Crippen LogP contribution is -2.02. The number of benzene rings is 1. The third kappa shape index (κ3) is 2.42. The zero-order valence-corrected chi connectivity index (χ0v) is 9.28. The van der Waals surface area contributed by atoms with Gasteiger partial charge >= 0.3 is 5.97 Å². The first-order valence-corrected chi connectivity index (χ1v) is 5.10. The number of carboxylic acids is 1. The van der Waals surface area contributed by atoms with Crippen molar-refractivity contribution in [2.75, 3.05) is 0 Å². The summed E-state index contributed by atoms with van der Waals surface area (Å²) in [5.41, 5.74) is 0.620. The number of aromatic carboxylic acids is 1. The van der Waals surface area contributed by atoms with Crippen molar-refractivity contribution in [2.24, 2.45) is 0 Å². The summed E-state index contributed by atoms with van der Waals surface area (Å²) in [4.78, 5) is 14.8. The van der Waals surface area contributed by atoms with Crippen LogP contribution in [0.2, 0.25) is 5.02 Å². The van der Waals surface area contributed by atoms with E-state index in [-0.39, 0.29) is 11.3 Å². The number of aromatic nitrogens is 1. The van der Waals surface area contributed by atoms with Crippen LogP contribution in [0.4, 0.5) is 4.39 Å². The topological polar surface area (TPSA) is 50.2 Å². The van der Waals surface area contributed by atoms with E-state index >= 15 is 0 Å². The molecule has 0 bridgehead atoms. The normalized spacial score (nSPS) is 10.2. The average Bonchev–Trinajstić information content (AvgIpc) is 2.30. The summed E-state index contributed by atoms with van der Waals surface area (Å²) in [6, 6.07) is 7.45. The Morgan fingerprint density at radius 1 is 1.29 bits per heavy atom. The molecule has 0 saturated heterocycles. The Hall–Kier alpha value is -1.94. The summed E-state index contributed by atoms with van der Waals surface area (Å²) < 4.78 is 12.9. The summed E-state index contributed by atoms with van der Waals surface area (Å²) in [5.74, 6) is -1.90. The highest BCUT2D eigenvalue weighted by molar-refractivity contribution is 6.30. The quantitative estimate of drug-likeness (QED) is 0.891. The van der Waals surface area contributed by atoms with Crippen LogP contribution in [0.25, 0.3) is 11.3 Å². The smallest absolute Gasteiger partial charge is 0.338 e. The van der Waals surface area contributed by atoms with Crippen molar-refractivity contribution in [1.29, 1.82) is 0 Å². The van der Waals surface area contributed by atoms with E-state index < -0.39 is 11.8 Å². The molecule has 0 atom stereocenters. The Balaban J connectivity index is 2.58. The van der Waals surface area contributed by atoms with E-state index in [1.165, 1.54) is 0 Å². The van der Waals surface area contributed by atoms with Crippen LogP contribution in [0, 0.1) is 5.82 Å². The number of nitrogens with zero attached hydrogens (tertiary/aromatic N) is 1. The highest BCUT2D eigenvalue weighted by Gasteiger charge is 2.14. The monoisotopic (exact) mass is 251 g/mol. The number of pyridine rings is 1. The number of carboxylic acid groups (broad SMARTS) is 1. The second kappa shape index (κ2) is 4.51. The minimum absolute atomic E-state index is 0.174. The van der Waals surface area contributed by atoms with Crippen molar-refractivity contribution >= 4 is 17.6 Å². The van der Waals surface area contributed by atoms with Crippen LogP contribution in [0.3, 0.4) is 0 Å². The zero-order valence-electron chi connectivity index (χ0n) is 8.52. The Bertz CT molecular complexity index is 569. The maximum atomic E-state index is 12.9. The molecular weight excluding hydrogens is 245 g/mol. The third-order valence-electron chi connectivity index (χ3n) is 2.20. The molecule has 2 rings (SSSR count). The van der Waals surface area contributed by atoms with E-state index in [0.717, 1.165) is 12.3 Å². The van der Waals surface area contributed by atoms with Gasteiger partial charge in [0.05, 0.1) is 17.5 Å². The van der Waals surface area contributed by atoms with Crippen molar-refractivity contribution in [1.82, 2.24) is 4.98 Å². The molecule has 0 aliphatic rings. The van der Waals surface area contributed by atoms with Crippen LogP contribution < -0.4 is 0 Å². The summed E-state index contributed by atoms with van der Waals surface area (Å²) in [5, 5.41) is 9.51. The number of rotatable bonds is 2. The van der Waals surface area contributed by atoms with Gasteiger partial charge in [-0.05, 0) is 18.2 Å². The van der Waals surface area contributed by atoms with Crippen LogP contribution in [-0.2, 0) is 0 Å². The SMILES string of the molecule is O=C(O)c1cc(F)cnc1-c1ccc(Cl)cc1. The second-order valence-corrected chi connectivity index (χ2v) is 3.80. The molecule has 0 fully saturated rings. The van der Waals surface area contributed by atoms with Gasteiger partial charge in [0, 0.05) is 10.6 Å². The summed E-state index contributed by atoms with van der Waals surface area (Å²) >= 11 is 5.73. The minimum atomic E-state index is -1.22. The Kier molecular flexibility index (Phi) is 3.06. The fourth-order valence-electron chi connectivity index (χ4n) is 1.44. The highest BCUT2D eigenvalue weighted by Crippen LogP contribution is 2.23. The molecule has 5 heteroatoms. The Labute approximate surface area is 101 Å². The Morgan fingerprint density at radius 3 is 2.53 bits per heavy atom. The second-order valence-electron chi connectivity index (χ2n) is 3.36. The largest absolute Gasteiger partial charge is 0.478 e. The van der Waals surface area contributed by atoms with Gasteiger partial charge in [-0.25, -0.2) is 9.18 Å². The van der Waals surface area contributed by atoms with E-state index in [0.29, 0.717) is 10.6 Å². The Morgan fingerprint density at radius 2 is 1.94 bits per heavy atom. The zero-order chi connectivity index (χ0) is 12.4. The molecule has 0 aliphatic carbocycles. The minimum Gasteiger partial charge on any atom is -0.478 e. The predicted molar refractivity (Wildman–Crippen MR) is 61.6 cm³/mol. The molecule has 1 heterocycles. The first kappa shape index (κ1) is 11.5. The molecule has 1 aromatic carbocycles. The van der Waals surface area contributed by atoms with Crippen molar-refractivity contribution in [3.63, 3.8) is 0 Å². The molecule has 86 valence electrons. The molecule has 1 aromatic heterocycles. The molecule has 0 spiro atoms. The maximum Gasteiger partial charge on any atom is 0.338 e. The number of carbonyl (C=O) groups is 1. The molecule has 0 radical (unpaired) electrons. The summed E-state index contributed by atoms with van der Waals surface area (Å²) in [7, 11) is 0. The summed E-state index contributed by atoms with van der Waals surface area (Å²) in [6.45, 7) is 0. The van der Waals surface area contributed by atoms with Crippen LogP contribution in [0.1, 0.15) is 10.4 Å². The molecule has 0 saturated carbocycles. The lowest BCUT2D eigenvalue weighted by atomic mass is 10.1. The fourth-order valence-corrected chi connectivity index (χ4v) is 1.57. The predicted octanol–water partition coefficient (Wildman–Crippen LogP) is 3.24. The maximum absolute atomic E-state index is 12.9. The van der Waals surface area contributed by atoms with Crippen LogP contribution in [-0.4, -0.2) is 16.1 Å². The number of halogens is 2. The molecule has 2 aromatic rings. The van der Waals surface area contributed by atoms with Crippen LogP contribution in [0.15, 0.2) is 36.5 Å². The van der Waals surface area contributed by atoms with Crippen molar-refractivity contribution in [3.05, 3.63) is 52.9 Å². The lowest BCUT2D eigenvalue weighted by molar-refractivity contribution is 0.0697. The van der Waals surface area contributed by atoms with Gasteiger partial charge in [0.1, 0.15) is 5.82 Å². The van der Waals surface area contributed by atoms with Gasteiger partial charge in [-0.15, -0.1) is 0 Å². The van der Waals surface area contributed by atoms with Gasteiger partial charge in [-0.2, -0.15) is 0 Å². The molecule has 0 aliphatic heterocycles. The fraction of sp³-hybridized carbons (Fsp3) is 0. The molecule has 3 nitrogen and oxygen atoms in total. The van der Waals surface area contributed by atoms with Gasteiger partial charge in [0.25, 0.3) is 0 Å². The van der Waals surface area contributed by atoms with Crippen LogP contribution in [0.5, 0.6) is 0 Å².